The minimum atomic E-state index is -7.98. The third-order valence-corrected chi connectivity index (χ3v) is 3.55. The molecule has 0 saturated heterocycles. The number of hydrogen-bond donors (Lipinski definition) is 1. The molecular formula is C14H8F13NO. The van der Waals surface area contributed by atoms with Crippen LogP contribution in [0.25, 0.3) is 0 Å². The molecule has 0 atom stereocenters. The Kier molecular flexibility index (Phi) is 5.93. The number of aliphatic imine (C=N–C) groups is 1. The lowest BCUT2D eigenvalue weighted by Gasteiger charge is -2.38. The van der Waals surface area contributed by atoms with Crippen LogP contribution < -0.4 is 0 Å². The zero-order valence-corrected chi connectivity index (χ0v) is 13.6. The second kappa shape index (κ2) is 6.93. The highest BCUT2D eigenvalue weighted by molar-refractivity contribution is 5.84. The molecule has 0 unspecified atom stereocenters. The van der Waals surface area contributed by atoms with Gasteiger partial charge in [-0.1, -0.05) is 12.1 Å². The molecular weight excluding hydrogens is 445 g/mol. The molecule has 0 bridgehead atoms. The molecule has 0 aromatic heterocycles. The van der Waals surface area contributed by atoms with Crippen molar-refractivity contribution in [3.8, 4) is 5.75 Å². The number of aromatic hydroxyl groups is 1. The minimum Gasteiger partial charge on any atom is -0.507 e. The monoisotopic (exact) mass is 453 g/mol. The molecule has 0 heterocycles. The van der Waals surface area contributed by atoms with Crippen molar-refractivity contribution < 1.29 is 62.2 Å². The van der Waals surface area contributed by atoms with Crippen LogP contribution in [0.15, 0.2) is 23.2 Å². The molecule has 1 N–H and O–H groups in total. The predicted octanol–water partition coefficient (Wildman–Crippen LogP) is 5.82. The molecule has 15 heteroatoms. The van der Waals surface area contributed by atoms with Crippen molar-refractivity contribution in [3.05, 3.63) is 29.3 Å². The highest BCUT2D eigenvalue weighted by atomic mass is 19.4. The van der Waals surface area contributed by atoms with Crippen molar-refractivity contribution in [1.29, 1.82) is 0 Å². The molecule has 0 radical (unpaired) electrons. The van der Waals surface area contributed by atoms with Gasteiger partial charge in [0, 0.05) is 11.8 Å². The molecule has 0 spiro atoms. The van der Waals surface area contributed by atoms with E-state index in [0.29, 0.717) is 0 Å². The molecule has 29 heavy (non-hydrogen) atoms. The molecule has 1 aromatic carbocycles. The van der Waals surface area contributed by atoms with E-state index in [9.17, 15) is 62.2 Å². The summed E-state index contributed by atoms with van der Waals surface area (Å²) < 4.78 is 168. The average Bonchev–Trinajstić information content (AvgIpc) is 2.54. The van der Waals surface area contributed by atoms with Crippen LogP contribution in [0.3, 0.4) is 0 Å². The Hall–Kier alpha value is -2.22. The van der Waals surface area contributed by atoms with Crippen molar-refractivity contribution in [1.82, 2.24) is 0 Å². The maximum absolute atomic E-state index is 13.5. The summed E-state index contributed by atoms with van der Waals surface area (Å²) in [6.07, 6.45) is -7.84. The highest BCUT2D eigenvalue weighted by Gasteiger charge is 2.91. The number of alkyl halides is 13. The van der Waals surface area contributed by atoms with Gasteiger partial charge in [0.25, 0.3) is 0 Å². The third-order valence-electron chi connectivity index (χ3n) is 3.55. The molecule has 0 aliphatic heterocycles. The van der Waals surface area contributed by atoms with Crippen LogP contribution in [0.4, 0.5) is 57.1 Å². The summed E-state index contributed by atoms with van der Waals surface area (Å²) in [5.74, 6) is -32.0. The Morgan fingerprint density at radius 3 is 1.62 bits per heavy atom. The van der Waals surface area contributed by atoms with Crippen LogP contribution in [0, 0.1) is 6.92 Å². The molecule has 1 aromatic rings. The summed E-state index contributed by atoms with van der Waals surface area (Å²) in [4.78, 5) is 1.62. The van der Waals surface area contributed by atoms with E-state index in [2.05, 4.69) is 0 Å². The minimum absolute atomic E-state index is 0.0503. The molecule has 0 fully saturated rings. The van der Waals surface area contributed by atoms with Gasteiger partial charge < -0.3 is 5.11 Å². The van der Waals surface area contributed by atoms with E-state index in [1.807, 2.05) is 0 Å². The summed E-state index contributed by atoms with van der Waals surface area (Å²) in [7, 11) is 0. The van der Waals surface area contributed by atoms with Crippen LogP contribution in [0.5, 0.6) is 5.75 Å². The van der Waals surface area contributed by atoms with Gasteiger partial charge in [0.1, 0.15) is 5.75 Å². The zero-order valence-electron chi connectivity index (χ0n) is 13.6. The van der Waals surface area contributed by atoms with Crippen molar-refractivity contribution in [2.45, 2.75) is 42.8 Å². The highest BCUT2D eigenvalue weighted by Crippen LogP contribution is 2.60. The summed E-state index contributed by atoms with van der Waals surface area (Å²) in [5, 5.41) is 9.47. The van der Waals surface area contributed by atoms with E-state index < -0.39 is 47.2 Å². The van der Waals surface area contributed by atoms with Gasteiger partial charge in [0.05, 0.1) is 0 Å². The van der Waals surface area contributed by atoms with Crippen LogP contribution in [-0.4, -0.2) is 47.2 Å². The van der Waals surface area contributed by atoms with E-state index in [0.717, 1.165) is 12.1 Å². The normalized spacial score (nSPS) is 15.2. The Labute approximate surface area is 152 Å². The molecule has 2 nitrogen and oxygen atoms in total. The first-order valence-corrected chi connectivity index (χ1v) is 6.94. The molecule has 166 valence electrons. The second-order valence-corrected chi connectivity index (χ2v) is 5.61. The first kappa shape index (κ1) is 24.8. The van der Waals surface area contributed by atoms with E-state index >= 15 is 0 Å². The molecule has 0 amide bonds. The summed E-state index contributed by atoms with van der Waals surface area (Å²) in [6.45, 7) is 1.17. The van der Waals surface area contributed by atoms with Gasteiger partial charge in [-0.05, 0) is 18.6 Å². The van der Waals surface area contributed by atoms with Crippen molar-refractivity contribution in [2.24, 2.45) is 4.99 Å². The standard InChI is InChI=1S/C14H8F13NO/c1-6-3-2-4-7(8(6)29)5-28-14(26,27)12(21,22)10(17,18)9(15,16)11(19,20)13(23,24)25/h2-5,29H,1H3/b28-5+. The Balaban J connectivity index is 3.46. The molecule has 0 aliphatic rings. The van der Waals surface area contributed by atoms with Crippen LogP contribution in [-0.2, 0) is 0 Å². The number of nitrogens with zero attached hydrogens (tertiary/aromatic N) is 1. The van der Waals surface area contributed by atoms with Crippen LogP contribution in [0.2, 0.25) is 0 Å². The Morgan fingerprint density at radius 2 is 1.17 bits per heavy atom. The van der Waals surface area contributed by atoms with Gasteiger partial charge in [-0.3, -0.25) is 0 Å². The van der Waals surface area contributed by atoms with Crippen molar-refractivity contribution in [2.75, 3.05) is 0 Å². The van der Waals surface area contributed by atoms with E-state index in [1.165, 1.54) is 13.0 Å². The lowest BCUT2D eigenvalue weighted by atomic mass is 9.96. The number of hydrogen-bond acceptors (Lipinski definition) is 2. The number of benzene rings is 1. The van der Waals surface area contributed by atoms with Crippen LogP contribution >= 0.6 is 0 Å². The van der Waals surface area contributed by atoms with Gasteiger partial charge >= 0.3 is 35.9 Å². The summed E-state index contributed by atoms with van der Waals surface area (Å²) in [6, 6.07) is -3.63. The number of halogens is 13. The fourth-order valence-electron chi connectivity index (χ4n) is 1.78. The maximum atomic E-state index is 13.5. The van der Waals surface area contributed by atoms with Crippen molar-refractivity contribution >= 4 is 6.21 Å². The van der Waals surface area contributed by atoms with E-state index in [1.54, 1.807) is 4.99 Å². The van der Waals surface area contributed by atoms with Gasteiger partial charge in [0.15, 0.2) is 0 Å². The zero-order chi connectivity index (χ0) is 23.3. The molecule has 0 saturated carbocycles. The summed E-state index contributed by atoms with van der Waals surface area (Å²) >= 11 is 0. The number of aryl methyl sites for hydroxylation is 1. The van der Waals surface area contributed by atoms with Gasteiger partial charge in [0.2, 0.25) is 0 Å². The lowest BCUT2D eigenvalue weighted by Crippen LogP contribution is -2.69. The second-order valence-electron chi connectivity index (χ2n) is 5.61. The number of para-hydroxylation sites is 1. The SMILES string of the molecule is Cc1cccc(/C=N/C(F)(F)C(F)(F)C(F)(F)C(F)(F)C(F)(F)C(F)(F)F)c1O. The number of phenolic OH excluding ortho intramolecular Hbond substituents is 1. The smallest absolute Gasteiger partial charge is 0.460 e. The first-order valence-electron chi connectivity index (χ1n) is 6.94. The maximum Gasteiger partial charge on any atom is 0.460 e. The van der Waals surface area contributed by atoms with Crippen molar-refractivity contribution in [3.63, 3.8) is 0 Å². The molecule has 0 aliphatic carbocycles. The summed E-state index contributed by atoms with van der Waals surface area (Å²) in [5.41, 5.74) is -0.845. The van der Waals surface area contributed by atoms with Gasteiger partial charge in [-0.25, -0.2) is 4.99 Å². The predicted molar refractivity (Wildman–Crippen MR) is 71.2 cm³/mol. The lowest BCUT2D eigenvalue weighted by molar-refractivity contribution is -0.439. The number of phenols is 1. The average molecular weight is 453 g/mol. The molecule has 1 rings (SSSR count). The fourth-order valence-corrected chi connectivity index (χ4v) is 1.78. The first-order chi connectivity index (χ1) is 12.6. The topological polar surface area (TPSA) is 32.6 Å². The van der Waals surface area contributed by atoms with Gasteiger partial charge in [-0.2, -0.15) is 57.1 Å². The third kappa shape index (κ3) is 3.70. The Bertz CT molecular complexity index is 782. The van der Waals surface area contributed by atoms with E-state index in [4.69, 9.17) is 0 Å². The van der Waals surface area contributed by atoms with Gasteiger partial charge in [-0.15, -0.1) is 0 Å². The Morgan fingerprint density at radius 1 is 0.724 bits per heavy atom. The quantitative estimate of drug-likeness (QED) is 0.329. The van der Waals surface area contributed by atoms with E-state index in [-0.39, 0.29) is 11.8 Å². The fraction of sp³-hybridized carbons (Fsp3) is 0.500. The number of rotatable bonds is 6. The van der Waals surface area contributed by atoms with Crippen LogP contribution in [0.1, 0.15) is 11.1 Å². The largest absolute Gasteiger partial charge is 0.507 e.